The standard InChI is InChI=1S/C21H30N4S/c1-3-22-21(23-13-10-18-8-6-17(2)7-9-18)24-19-11-14-25(15-12-19)20-5-4-16-26-20/h4-9,16,19H,3,10-15H2,1-2H3,(H2,22,23,24). The predicted octanol–water partition coefficient (Wildman–Crippen LogP) is 3.82. The quantitative estimate of drug-likeness (QED) is 0.600. The highest BCUT2D eigenvalue weighted by molar-refractivity contribution is 7.14. The van der Waals surface area contributed by atoms with Crippen LogP contribution in [0.3, 0.4) is 0 Å². The average molecular weight is 371 g/mol. The fraction of sp³-hybridized carbons (Fsp3) is 0.476. The molecule has 0 amide bonds. The lowest BCUT2D eigenvalue weighted by Gasteiger charge is -2.33. The zero-order valence-electron chi connectivity index (χ0n) is 15.9. The summed E-state index contributed by atoms with van der Waals surface area (Å²) in [5.41, 5.74) is 2.65. The molecular formula is C21H30N4S. The van der Waals surface area contributed by atoms with Crippen molar-refractivity contribution in [3.8, 4) is 0 Å². The molecule has 4 nitrogen and oxygen atoms in total. The number of aryl methyl sites for hydroxylation is 1. The minimum Gasteiger partial charge on any atom is -0.363 e. The molecule has 1 aromatic heterocycles. The summed E-state index contributed by atoms with van der Waals surface area (Å²) in [7, 11) is 0. The van der Waals surface area contributed by atoms with E-state index in [1.54, 1.807) is 0 Å². The fourth-order valence-corrected chi connectivity index (χ4v) is 4.04. The third-order valence-corrected chi connectivity index (χ3v) is 5.72. The van der Waals surface area contributed by atoms with E-state index in [4.69, 9.17) is 4.99 Å². The molecule has 0 bridgehead atoms. The molecule has 0 saturated carbocycles. The van der Waals surface area contributed by atoms with Gasteiger partial charge in [0.2, 0.25) is 0 Å². The van der Waals surface area contributed by atoms with Crippen LogP contribution in [0.1, 0.15) is 30.9 Å². The maximum Gasteiger partial charge on any atom is 0.191 e. The summed E-state index contributed by atoms with van der Waals surface area (Å²) in [4.78, 5) is 7.27. The van der Waals surface area contributed by atoms with Gasteiger partial charge in [-0.25, -0.2) is 0 Å². The summed E-state index contributed by atoms with van der Waals surface area (Å²) in [6, 6.07) is 13.6. The van der Waals surface area contributed by atoms with E-state index < -0.39 is 0 Å². The highest BCUT2D eigenvalue weighted by Crippen LogP contribution is 2.24. The van der Waals surface area contributed by atoms with Gasteiger partial charge in [0, 0.05) is 32.2 Å². The number of hydrogen-bond donors (Lipinski definition) is 2. The molecule has 2 heterocycles. The van der Waals surface area contributed by atoms with Gasteiger partial charge in [0.25, 0.3) is 0 Å². The van der Waals surface area contributed by atoms with E-state index in [1.165, 1.54) is 16.1 Å². The first-order chi connectivity index (χ1) is 12.7. The molecule has 1 aromatic carbocycles. The molecule has 0 radical (unpaired) electrons. The molecular weight excluding hydrogens is 340 g/mol. The van der Waals surface area contributed by atoms with Gasteiger partial charge in [-0.3, -0.25) is 4.99 Å². The van der Waals surface area contributed by atoms with Crippen molar-refractivity contribution in [3.05, 3.63) is 52.9 Å². The summed E-state index contributed by atoms with van der Waals surface area (Å²) < 4.78 is 0. The van der Waals surface area contributed by atoms with E-state index in [2.05, 4.69) is 71.2 Å². The third kappa shape index (κ3) is 5.49. The van der Waals surface area contributed by atoms with E-state index in [9.17, 15) is 0 Å². The van der Waals surface area contributed by atoms with E-state index >= 15 is 0 Å². The summed E-state index contributed by atoms with van der Waals surface area (Å²) in [5.74, 6) is 0.953. The molecule has 1 saturated heterocycles. The Kier molecular flexibility index (Phi) is 6.95. The minimum absolute atomic E-state index is 0.503. The molecule has 3 rings (SSSR count). The van der Waals surface area contributed by atoms with Gasteiger partial charge in [0.15, 0.2) is 5.96 Å². The molecule has 2 aromatic rings. The zero-order chi connectivity index (χ0) is 18.2. The maximum atomic E-state index is 4.78. The molecule has 0 unspecified atom stereocenters. The number of nitrogens with one attached hydrogen (secondary N) is 2. The number of hydrogen-bond acceptors (Lipinski definition) is 3. The number of benzene rings is 1. The Labute approximate surface area is 161 Å². The molecule has 26 heavy (non-hydrogen) atoms. The number of rotatable bonds is 6. The Bertz CT molecular complexity index is 671. The molecule has 0 spiro atoms. The molecule has 0 atom stereocenters. The van der Waals surface area contributed by atoms with E-state index in [0.29, 0.717) is 6.04 Å². The molecule has 1 aliphatic heterocycles. The highest BCUT2D eigenvalue weighted by Gasteiger charge is 2.20. The number of guanidine groups is 1. The van der Waals surface area contributed by atoms with Crippen LogP contribution in [0, 0.1) is 6.92 Å². The van der Waals surface area contributed by atoms with Crippen molar-refractivity contribution in [1.82, 2.24) is 10.6 Å². The van der Waals surface area contributed by atoms with Crippen LogP contribution in [0.15, 0.2) is 46.8 Å². The lowest BCUT2D eigenvalue weighted by atomic mass is 10.1. The second-order valence-corrected chi connectivity index (χ2v) is 7.78. The average Bonchev–Trinajstić information content (AvgIpc) is 3.19. The van der Waals surface area contributed by atoms with E-state index in [0.717, 1.165) is 51.4 Å². The lowest BCUT2D eigenvalue weighted by molar-refractivity contribution is 0.463. The van der Waals surface area contributed by atoms with Crippen LogP contribution in [0.5, 0.6) is 0 Å². The van der Waals surface area contributed by atoms with Crippen molar-refractivity contribution >= 4 is 22.3 Å². The van der Waals surface area contributed by atoms with Crippen LogP contribution in [-0.2, 0) is 6.42 Å². The fourth-order valence-electron chi connectivity index (χ4n) is 3.26. The SMILES string of the molecule is CCNC(=NCCc1ccc(C)cc1)NC1CCN(c2cccs2)CC1. The summed E-state index contributed by atoms with van der Waals surface area (Å²) in [5, 5.41) is 10.6. The number of nitrogens with zero attached hydrogens (tertiary/aromatic N) is 2. The van der Waals surface area contributed by atoms with Gasteiger partial charge >= 0.3 is 0 Å². The van der Waals surface area contributed by atoms with Crippen LogP contribution >= 0.6 is 11.3 Å². The summed E-state index contributed by atoms with van der Waals surface area (Å²) in [6.07, 6.45) is 3.29. The first-order valence-corrected chi connectivity index (χ1v) is 10.5. The van der Waals surface area contributed by atoms with Crippen molar-refractivity contribution in [2.75, 3.05) is 31.1 Å². The van der Waals surface area contributed by atoms with Gasteiger partial charge < -0.3 is 15.5 Å². The summed E-state index contributed by atoms with van der Waals surface area (Å²) >= 11 is 1.83. The second-order valence-electron chi connectivity index (χ2n) is 6.85. The third-order valence-electron chi connectivity index (χ3n) is 4.79. The first-order valence-electron chi connectivity index (χ1n) is 9.63. The number of aliphatic imine (C=N–C) groups is 1. The first kappa shape index (κ1) is 18.8. The van der Waals surface area contributed by atoms with Crippen molar-refractivity contribution < 1.29 is 0 Å². The van der Waals surface area contributed by atoms with E-state index in [1.807, 2.05) is 11.3 Å². The van der Waals surface area contributed by atoms with Crippen LogP contribution in [-0.4, -0.2) is 38.2 Å². The molecule has 1 aliphatic rings. The van der Waals surface area contributed by atoms with Crippen LogP contribution in [0.25, 0.3) is 0 Å². The molecule has 0 aliphatic carbocycles. The monoisotopic (exact) mass is 370 g/mol. The topological polar surface area (TPSA) is 39.7 Å². The largest absolute Gasteiger partial charge is 0.363 e. The Morgan fingerprint density at radius 3 is 2.62 bits per heavy atom. The number of piperidine rings is 1. The molecule has 5 heteroatoms. The zero-order valence-corrected chi connectivity index (χ0v) is 16.7. The predicted molar refractivity (Wildman–Crippen MR) is 114 cm³/mol. The van der Waals surface area contributed by atoms with Gasteiger partial charge in [-0.2, -0.15) is 0 Å². The molecule has 140 valence electrons. The van der Waals surface area contributed by atoms with Crippen LogP contribution in [0.2, 0.25) is 0 Å². The van der Waals surface area contributed by atoms with Crippen molar-refractivity contribution in [1.29, 1.82) is 0 Å². The molecule has 1 fully saturated rings. The highest BCUT2D eigenvalue weighted by atomic mass is 32.1. The number of thiophene rings is 1. The van der Waals surface area contributed by atoms with Crippen LogP contribution in [0.4, 0.5) is 5.00 Å². The van der Waals surface area contributed by atoms with Gasteiger partial charge in [0.05, 0.1) is 5.00 Å². The Balaban J connectivity index is 1.47. The van der Waals surface area contributed by atoms with Crippen LogP contribution < -0.4 is 15.5 Å². The minimum atomic E-state index is 0.503. The Hall–Kier alpha value is -2.01. The van der Waals surface area contributed by atoms with Gasteiger partial charge in [-0.05, 0) is 56.2 Å². The second kappa shape index (κ2) is 9.62. The van der Waals surface area contributed by atoms with Gasteiger partial charge in [-0.1, -0.05) is 29.8 Å². The Morgan fingerprint density at radius 1 is 1.19 bits per heavy atom. The van der Waals surface area contributed by atoms with E-state index in [-0.39, 0.29) is 0 Å². The van der Waals surface area contributed by atoms with Gasteiger partial charge in [-0.15, -0.1) is 11.3 Å². The van der Waals surface area contributed by atoms with Crippen molar-refractivity contribution in [3.63, 3.8) is 0 Å². The number of anilines is 1. The van der Waals surface area contributed by atoms with Crippen molar-refractivity contribution in [2.24, 2.45) is 4.99 Å². The van der Waals surface area contributed by atoms with Crippen molar-refractivity contribution in [2.45, 2.75) is 39.2 Å². The molecule has 2 N–H and O–H groups in total. The smallest absolute Gasteiger partial charge is 0.191 e. The van der Waals surface area contributed by atoms with Gasteiger partial charge in [0.1, 0.15) is 0 Å². The lowest BCUT2D eigenvalue weighted by Crippen LogP contribution is -2.48. The Morgan fingerprint density at radius 2 is 1.96 bits per heavy atom. The normalized spacial score (nSPS) is 15.9. The maximum absolute atomic E-state index is 4.78. The summed E-state index contributed by atoms with van der Waals surface area (Å²) in [6.45, 7) is 8.17.